The smallest absolute Gasteiger partial charge is 0.174 e. The molecule has 0 spiro atoms. The van der Waals surface area contributed by atoms with E-state index in [9.17, 15) is 17.6 Å². The summed E-state index contributed by atoms with van der Waals surface area (Å²) < 4.78 is 71.5. The average molecular weight is 440 g/mol. The van der Waals surface area contributed by atoms with Crippen LogP contribution in [0.2, 0.25) is 0 Å². The van der Waals surface area contributed by atoms with Crippen LogP contribution in [0.25, 0.3) is 0 Å². The van der Waals surface area contributed by atoms with Crippen molar-refractivity contribution in [3.63, 3.8) is 0 Å². The van der Waals surface area contributed by atoms with E-state index >= 15 is 4.39 Å². The topological polar surface area (TPSA) is 0 Å². The van der Waals surface area contributed by atoms with E-state index in [1.165, 1.54) is 30.3 Å². The van der Waals surface area contributed by atoms with Gasteiger partial charge in [-0.3, -0.25) is 0 Å². The first-order chi connectivity index (χ1) is 15.4. The minimum atomic E-state index is -1.07. The van der Waals surface area contributed by atoms with Crippen molar-refractivity contribution in [1.82, 2.24) is 0 Å². The summed E-state index contributed by atoms with van der Waals surface area (Å²) in [6.45, 7) is 1.95. The second-order valence-electron chi connectivity index (χ2n) is 8.08. The maximum atomic E-state index is 15.0. The zero-order valence-electron chi connectivity index (χ0n) is 17.5. The first-order valence-corrected chi connectivity index (χ1v) is 10.6. The summed E-state index contributed by atoms with van der Waals surface area (Å²) in [4.78, 5) is 0. The van der Waals surface area contributed by atoms with Gasteiger partial charge in [0, 0.05) is 5.56 Å². The van der Waals surface area contributed by atoms with E-state index in [2.05, 4.69) is 11.8 Å². The Balaban J connectivity index is 1.61. The molecule has 1 aliphatic carbocycles. The van der Waals surface area contributed by atoms with Gasteiger partial charge >= 0.3 is 0 Å². The van der Waals surface area contributed by atoms with Crippen molar-refractivity contribution in [2.45, 2.75) is 44.9 Å². The second-order valence-corrected chi connectivity index (χ2v) is 8.08. The Morgan fingerprint density at radius 2 is 1.53 bits per heavy atom. The van der Waals surface area contributed by atoms with Gasteiger partial charge in [0.05, 0.1) is 11.1 Å². The van der Waals surface area contributed by atoms with E-state index < -0.39 is 29.1 Å². The maximum Gasteiger partial charge on any atom is 0.174 e. The predicted octanol–water partition coefficient (Wildman–Crippen LogP) is 7.01. The van der Waals surface area contributed by atoms with Gasteiger partial charge in [0.25, 0.3) is 0 Å². The maximum absolute atomic E-state index is 15.0. The molecule has 1 aliphatic rings. The minimum absolute atomic E-state index is 0.0568. The van der Waals surface area contributed by atoms with Gasteiger partial charge in [-0.25, -0.2) is 22.0 Å². The molecule has 1 unspecified atom stereocenters. The fourth-order valence-corrected chi connectivity index (χ4v) is 4.35. The highest BCUT2D eigenvalue weighted by atomic mass is 19.2. The molecule has 0 aromatic heterocycles. The molecule has 0 heterocycles. The highest BCUT2D eigenvalue weighted by Gasteiger charge is 2.28. The van der Waals surface area contributed by atoms with Crippen molar-refractivity contribution in [3.8, 4) is 11.8 Å². The van der Waals surface area contributed by atoms with E-state index in [1.807, 2.05) is 6.92 Å². The molecule has 0 saturated heterocycles. The number of benzene rings is 3. The fourth-order valence-electron chi connectivity index (χ4n) is 4.35. The summed E-state index contributed by atoms with van der Waals surface area (Å²) in [5.74, 6) is 0.952. The lowest BCUT2D eigenvalue weighted by molar-refractivity contribution is 0.480. The molecule has 4 rings (SSSR count). The third kappa shape index (κ3) is 4.27. The fraction of sp³-hybridized carbons (Fsp3) is 0.259. The molecule has 1 atom stereocenters. The van der Waals surface area contributed by atoms with Crippen molar-refractivity contribution in [3.05, 3.63) is 105 Å². The zero-order valence-corrected chi connectivity index (χ0v) is 17.5. The molecule has 0 radical (unpaired) electrons. The molecule has 0 bridgehead atoms. The number of aryl methyl sites for hydroxylation is 1. The largest absolute Gasteiger partial charge is 0.207 e. The highest BCUT2D eigenvalue weighted by molar-refractivity contribution is 5.48. The van der Waals surface area contributed by atoms with Gasteiger partial charge in [-0.1, -0.05) is 37.3 Å². The number of fused-ring (bicyclic) bond motifs is 1. The molecule has 5 heteroatoms. The summed E-state index contributed by atoms with van der Waals surface area (Å²) >= 11 is 0. The van der Waals surface area contributed by atoms with Crippen LogP contribution < -0.4 is 0 Å². The van der Waals surface area contributed by atoms with Crippen LogP contribution in [0.3, 0.4) is 0 Å². The summed E-state index contributed by atoms with van der Waals surface area (Å²) in [5, 5.41) is 0. The first kappa shape index (κ1) is 22.1. The summed E-state index contributed by atoms with van der Waals surface area (Å²) in [6.07, 6.45) is 2.44. The Morgan fingerprint density at radius 1 is 0.844 bits per heavy atom. The summed E-state index contributed by atoms with van der Waals surface area (Å²) in [5.41, 5.74) is 1.74. The molecule has 0 aliphatic heterocycles. The molecule has 32 heavy (non-hydrogen) atoms. The van der Waals surface area contributed by atoms with Gasteiger partial charge in [0.1, 0.15) is 17.5 Å². The third-order valence-corrected chi connectivity index (χ3v) is 5.92. The second kappa shape index (κ2) is 9.16. The van der Waals surface area contributed by atoms with Crippen LogP contribution in [0.5, 0.6) is 0 Å². The Kier molecular flexibility index (Phi) is 6.32. The molecule has 3 aromatic carbocycles. The quantitative estimate of drug-likeness (QED) is 0.304. The molecular weight excluding hydrogens is 419 g/mol. The highest BCUT2D eigenvalue weighted by Crippen LogP contribution is 2.37. The van der Waals surface area contributed by atoms with Gasteiger partial charge in [-0.15, -0.1) is 0 Å². The van der Waals surface area contributed by atoms with Crippen LogP contribution in [-0.2, 0) is 19.3 Å². The number of hydrogen-bond acceptors (Lipinski definition) is 0. The average Bonchev–Trinajstić information content (AvgIpc) is 2.76. The minimum Gasteiger partial charge on any atom is -0.207 e. The third-order valence-electron chi connectivity index (χ3n) is 5.92. The molecular formula is C27H21F5. The van der Waals surface area contributed by atoms with Crippen LogP contribution in [0.15, 0.2) is 42.5 Å². The monoisotopic (exact) mass is 440 g/mol. The van der Waals surface area contributed by atoms with Gasteiger partial charge < -0.3 is 0 Å². The Labute approximate surface area is 184 Å². The Bertz CT molecular complexity index is 1210. The van der Waals surface area contributed by atoms with Crippen LogP contribution in [-0.4, -0.2) is 0 Å². The molecule has 0 fully saturated rings. The van der Waals surface area contributed by atoms with E-state index in [-0.39, 0.29) is 22.6 Å². The predicted molar refractivity (Wildman–Crippen MR) is 114 cm³/mol. The van der Waals surface area contributed by atoms with E-state index in [1.54, 1.807) is 6.07 Å². The van der Waals surface area contributed by atoms with Gasteiger partial charge in [-0.05, 0) is 78.6 Å². The number of hydrogen-bond donors (Lipinski definition) is 0. The molecule has 0 saturated carbocycles. The van der Waals surface area contributed by atoms with Crippen molar-refractivity contribution >= 4 is 0 Å². The Hall–Kier alpha value is -3.13. The van der Waals surface area contributed by atoms with E-state index in [4.69, 9.17) is 0 Å². The van der Waals surface area contributed by atoms with Crippen molar-refractivity contribution in [1.29, 1.82) is 0 Å². The van der Waals surface area contributed by atoms with Crippen molar-refractivity contribution in [2.24, 2.45) is 0 Å². The standard InChI is InChI=1S/C27H21F5/c1-2-4-16-13-23(29)25(24(30)14-16)20-11-12-21-19(15-20)10-9-18(26(21)31)8-7-17-5-3-6-22(28)27(17)32/h3,5-6,9-10,13-14,20H,2,4,11-12,15H2,1H3. The van der Waals surface area contributed by atoms with Crippen LogP contribution >= 0.6 is 0 Å². The lowest BCUT2D eigenvalue weighted by Gasteiger charge is -2.26. The molecule has 3 aromatic rings. The normalized spacial score (nSPS) is 15.1. The van der Waals surface area contributed by atoms with Crippen molar-refractivity contribution < 1.29 is 22.0 Å². The first-order valence-electron chi connectivity index (χ1n) is 10.6. The molecule has 0 nitrogen and oxygen atoms in total. The molecule has 0 N–H and O–H groups in total. The van der Waals surface area contributed by atoms with E-state index in [0.29, 0.717) is 42.4 Å². The summed E-state index contributed by atoms with van der Waals surface area (Å²) in [7, 11) is 0. The molecule has 164 valence electrons. The van der Waals surface area contributed by atoms with Gasteiger partial charge in [0.15, 0.2) is 11.6 Å². The summed E-state index contributed by atoms with van der Waals surface area (Å²) in [6, 6.07) is 9.58. The number of rotatable bonds is 3. The Morgan fingerprint density at radius 3 is 2.22 bits per heavy atom. The number of halogens is 5. The lowest BCUT2D eigenvalue weighted by Crippen LogP contribution is -2.17. The molecule has 0 amide bonds. The van der Waals surface area contributed by atoms with Gasteiger partial charge in [-0.2, -0.15) is 0 Å². The van der Waals surface area contributed by atoms with Crippen LogP contribution in [0.4, 0.5) is 22.0 Å². The lowest BCUT2D eigenvalue weighted by atomic mass is 9.79. The van der Waals surface area contributed by atoms with E-state index in [0.717, 1.165) is 12.5 Å². The zero-order chi connectivity index (χ0) is 22.8. The van der Waals surface area contributed by atoms with Crippen molar-refractivity contribution in [2.75, 3.05) is 0 Å². The van der Waals surface area contributed by atoms with Crippen LogP contribution in [0, 0.1) is 40.9 Å². The SMILES string of the molecule is CCCc1cc(F)c(C2CCc3c(ccc(C#Cc4cccc(F)c4F)c3F)C2)c(F)c1. The van der Waals surface area contributed by atoms with Gasteiger partial charge in [0.2, 0.25) is 0 Å². The van der Waals surface area contributed by atoms with Crippen LogP contribution in [0.1, 0.15) is 59.1 Å².